The molecule has 0 N–H and O–H groups in total. The van der Waals surface area contributed by atoms with E-state index in [1.165, 1.54) is 12.1 Å². The number of aldehydes is 1. The molecule has 0 saturated heterocycles. The molecule has 0 radical (unpaired) electrons. The maximum absolute atomic E-state index is 12.3. The van der Waals surface area contributed by atoms with Gasteiger partial charge in [-0.05, 0) is 24.1 Å². The van der Waals surface area contributed by atoms with E-state index in [0.717, 1.165) is 5.56 Å². The van der Waals surface area contributed by atoms with Crippen molar-refractivity contribution < 1.29 is 13.2 Å². The minimum absolute atomic E-state index is 0.183. The molecular formula is C15H14O3S. The van der Waals surface area contributed by atoms with Crippen molar-refractivity contribution in [3.8, 4) is 0 Å². The number of carbonyl (C=O) groups excluding carboxylic acids is 1. The topological polar surface area (TPSA) is 51.2 Å². The first-order valence-corrected chi connectivity index (χ1v) is 7.47. The van der Waals surface area contributed by atoms with Gasteiger partial charge in [0, 0.05) is 0 Å². The number of carbonyl (C=O) groups is 1. The molecule has 98 valence electrons. The average Bonchev–Trinajstić information content (AvgIpc) is 2.46. The molecule has 0 amide bonds. The van der Waals surface area contributed by atoms with Crippen LogP contribution in [0.2, 0.25) is 0 Å². The predicted molar refractivity (Wildman–Crippen MR) is 73.6 cm³/mol. The molecule has 0 fully saturated rings. The van der Waals surface area contributed by atoms with E-state index in [9.17, 15) is 13.2 Å². The van der Waals surface area contributed by atoms with E-state index < -0.39 is 15.1 Å². The zero-order valence-corrected chi connectivity index (χ0v) is 11.1. The van der Waals surface area contributed by atoms with Crippen molar-refractivity contribution in [3.05, 3.63) is 66.2 Å². The number of rotatable bonds is 5. The fraction of sp³-hybridized carbons (Fsp3) is 0.133. The molecule has 1 atom stereocenters. The van der Waals surface area contributed by atoms with Gasteiger partial charge >= 0.3 is 0 Å². The largest absolute Gasteiger partial charge is 0.302 e. The smallest absolute Gasteiger partial charge is 0.188 e. The molecular weight excluding hydrogens is 260 g/mol. The first kappa shape index (κ1) is 13.5. The normalized spacial score (nSPS) is 12.8. The SMILES string of the molecule is O=CC(Cc1ccccc1)S(=O)(=O)c1ccccc1. The molecule has 1 unspecified atom stereocenters. The Labute approximate surface area is 112 Å². The number of hydrogen-bond acceptors (Lipinski definition) is 3. The van der Waals surface area contributed by atoms with Crippen molar-refractivity contribution in [1.82, 2.24) is 0 Å². The van der Waals surface area contributed by atoms with Gasteiger partial charge in [0.05, 0.1) is 4.90 Å². The molecule has 2 rings (SSSR count). The van der Waals surface area contributed by atoms with Crippen LogP contribution >= 0.6 is 0 Å². The first-order chi connectivity index (χ1) is 9.14. The highest BCUT2D eigenvalue weighted by atomic mass is 32.2. The molecule has 0 heterocycles. The summed E-state index contributed by atoms with van der Waals surface area (Å²) in [6.45, 7) is 0. The Morgan fingerprint density at radius 1 is 0.895 bits per heavy atom. The van der Waals surface area contributed by atoms with Crippen LogP contribution in [0.5, 0.6) is 0 Å². The number of hydrogen-bond donors (Lipinski definition) is 0. The second-order valence-corrected chi connectivity index (χ2v) is 6.39. The van der Waals surface area contributed by atoms with E-state index in [-0.39, 0.29) is 11.3 Å². The summed E-state index contributed by atoms with van der Waals surface area (Å²) >= 11 is 0. The maximum atomic E-state index is 12.3. The van der Waals surface area contributed by atoms with E-state index in [1.807, 2.05) is 30.3 Å². The van der Waals surface area contributed by atoms with Crippen molar-refractivity contribution >= 4 is 16.1 Å². The van der Waals surface area contributed by atoms with Crippen LogP contribution in [-0.4, -0.2) is 20.0 Å². The van der Waals surface area contributed by atoms with Crippen LogP contribution in [0.15, 0.2) is 65.6 Å². The Balaban J connectivity index is 2.30. The van der Waals surface area contributed by atoms with Crippen molar-refractivity contribution in [3.63, 3.8) is 0 Å². The summed E-state index contributed by atoms with van der Waals surface area (Å²) in [5.74, 6) is 0. The highest BCUT2D eigenvalue weighted by molar-refractivity contribution is 7.92. The van der Waals surface area contributed by atoms with Crippen molar-refractivity contribution in [1.29, 1.82) is 0 Å². The maximum Gasteiger partial charge on any atom is 0.188 e. The summed E-state index contributed by atoms with van der Waals surface area (Å²) in [7, 11) is -3.62. The van der Waals surface area contributed by atoms with Crippen LogP contribution in [0.25, 0.3) is 0 Å². The van der Waals surface area contributed by atoms with E-state index >= 15 is 0 Å². The molecule has 0 saturated carbocycles. The Morgan fingerprint density at radius 2 is 1.42 bits per heavy atom. The second-order valence-electron chi connectivity index (χ2n) is 4.22. The van der Waals surface area contributed by atoms with Gasteiger partial charge in [0.2, 0.25) is 0 Å². The summed E-state index contributed by atoms with van der Waals surface area (Å²) < 4.78 is 24.7. The van der Waals surface area contributed by atoms with Crippen LogP contribution in [0.1, 0.15) is 5.56 Å². The molecule has 0 spiro atoms. The van der Waals surface area contributed by atoms with Gasteiger partial charge in [-0.1, -0.05) is 48.5 Å². The molecule has 2 aromatic rings. The Hall–Kier alpha value is -1.94. The van der Waals surface area contributed by atoms with E-state index in [1.54, 1.807) is 18.2 Å². The van der Waals surface area contributed by atoms with Gasteiger partial charge in [0.15, 0.2) is 9.84 Å². The molecule has 19 heavy (non-hydrogen) atoms. The predicted octanol–water partition coefficient (Wildman–Crippen LogP) is 2.27. The van der Waals surface area contributed by atoms with Gasteiger partial charge in [-0.2, -0.15) is 0 Å². The van der Waals surface area contributed by atoms with Gasteiger partial charge in [-0.3, -0.25) is 0 Å². The van der Waals surface area contributed by atoms with Gasteiger partial charge < -0.3 is 4.79 Å². The monoisotopic (exact) mass is 274 g/mol. The lowest BCUT2D eigenvalue weighted by Gasteiger charge is -2.11. The second kappa shape index (κ2) is 5.80. The summed E-state index contributed by atoms with van der Waals surface area (Å²) in [5.41, 5.74) is 0.833. The van der Waals surface area contributed by atoms with Crippen LogP contribution in [0, 0.1) is 0 Å². The number of benzene rings is 2. The third-order valence-corrected chi connectivity index (χ3v) is 4.91. The zero-order chi connectivity index (χ0) is 13.7. The summed E-state index contributed by atoms with van der Waals surface area (Å²) in [6.07, 6.45) is 0.705. The lowest BCUT2D eigenvalue weighted by molar-refractivity contribution is -0.107. The van der Waals surface area contributed by atoms with Gasteiger partial charge in [0.25, 0.3) is 0 Å². The first-order valence-electron chi connectivity index (χ1n) is 5.93. The molecule has 0 bridgehead atoms. The van der Waals surface area contributed by atoms with Crippen molar-refractivity contribution in [2.75, 3.05) is 0 Å². The molecule has 2 aromatic carbocycles. The molecule has 4 heteroatoms. The third kappa shape index (κ3) is 3.09. The Morgan fingerprint density at radius 3 is 1.95 bits per heavy atom. The molecule has 0 aromatic heterocycles. The molecule has 0 aliphatic carbocycles. The molecule has 3 nitrogen and oxygen atoms in total. The standard InChI is InChI=1S/C15H14O3S/c16-12-15(11-13-7-3-1-4-8-13)19(17,18)14-9-5-2-6-10-14/h1-10,12,15H,11H2. The third-order valence-electron chi connectivity index (χ3n) is 2.90. The summed E-state index contributed by atoms with van der Waals surface area (Å²) in [6, 6.07) is 17.2. The van der Waals surface area contributed by atoms with Gasteiger partial charge in [-0.15, -0.1) is 0 Å². The van der Waals surface area contributed by atoms with E-state index in [2.05, 4.69) is 0 Å². The van der Waals surface area contributed by atoms with E-state index in [0.29, 0.717) is 6.29 Å². The average molecular weight is 274 g/mol. The summed E-state index contributed by atoms with van der Waals surface area (Å²) in [5, 5.41) is -1.04. The molecule has 0 aliphatic heterocycles. The lowest BCUT2D eigenvalue weighted by atomic mass is 10.1. The van der Waals surface area contributed by atoms with E-state index in [4.69, 9.17) is 0 Å². The fourth-order valence-electron chi connectivity index (χ4n) is 1.86. The highest BCUT2D eigenvalue weighted by Gasteiger charge is 2.26. The highest BCUT2D eigenvalue weighted by Crippen LogP contribution is 2.17. The Bertz CT molecular complexity index is 634. The van der Waals surface area contributed by atoms with Crippen LogP contribution in [-0.2, 0) is 21.1 Å². The quantitative estimate of drug-likeness (QED) is 0.786. The van der Waals surface area contributed by atoms with Crippen molar-refractivity contribution in [2.24, 2.45) is 0 Å². The van der Waals surface area contributed by atoms with Crippen LogP contribution in [0.3, 0.4) is 0 Å². The minimum atomic E-state index is -3.62. The Kier molecular flexibility index (Phi) is 4.12. The fourth-order valence-corrected chi connectivity index (χ4v) is 3.31. The van der Waals surface area contributed by atoms with Gasteiger partial charge in [0.1, 0.15) is 11.5 Å². The minimum Gasteiger partial charge on any atom is -0.302 e. The zero-order valence-electron chi connectivity index (χ0n) is 10.3. The van der Waals surface area contributed by atoms with Crippen LogP contribution in [0.4, 0.5) is 0 Å². The van der Waals surface area contributed by atoms with Crippen LogP contribution < -0.4 is 0 Å². The summed E-state index contributed by atoms with van der Waals surface area (Å²) in [4.78, 5) is 11.3. The van der Waals surface area contributed by atoms with Gasteiger partial charge in [-0.25, -0.2) is 8.42 Å². The number of sulfone groups is 1. The lowest BCUT2D eigenvalue weighted by Crippen LogP contribution is -2.25. The van der Waals surface area contributed by atoms with Crippen molar-refractivity contribution in [2.45, 2.75) is 16.6 Å². The molecule has 0 aliphatic rings.